The van der Waals surface area contributed by atoms with Gasteiger partial charge in [0, 0.05) is 5.39 Å². The van der Waals surface area contributed by atoms with E-state index < -0.39 is 0 Å². The van der Waals surface area contributed by atoms with Crippen molar-refractivity contribution in [3.63, 3.8) is 0 Å². The van der Waals surface area contributed by atoms with Crippen LogP contribution in [0, 0.1) is 11.7 Å². The number of fused-ring (bicyclic) bond motifs is 1. The molecule has 1 aromatic heterocycles. The van der Waals surface area contributed by atoms with E-state index in [0.29, 0.717) is 16.5 Å². The van der Waals surface area contributed by atoms with Gasteiger partial charge in [-0.2, -0.15) is 5.10 Å². The van der Waals surface area contributed by atoms with Crippen molar-refractivity contribution in [3.05, 3.63) is 76.0 Å². The lowest BCUT2D eigenvalue weighted by Gasteiger charge is -2.23. The van der Waals surface area contributed by atoms with Gasteiger partial charge in [0.05, 0.1) is 23.5 Å². The Morgan fingerprint density at radius 2 is 1.77 bits per heavy atom. The molecule has 134 valence electrons. The summed E-state index contributed by atoms with van der Waals surface area (Å²) in [6, 6.07) is 12.9. The minimum absolute atomic E-state index is 0.0434. The third-order valence-electron chi connectivity index (χ3n) is 4.32. The van der Waals surface area contributed by atoms with Crippen molar-refractivity contribution >= 4 is 16.7 Å². The summed E-state index contributed by atoms with van der Waals surface area (Å²) < 4.78 is 13.2. The maximum atomic E-state index is 13.2. The number of benzene rings is 2. The highest BCUT2D eigenvalue weighted by Gasteiger charge is 2.19. The van der Waals surface area contributed by atoms with Crippen molar-refractivity contribution in [1.29, 1.82) is 0 Å². The Kier molecular flexibility index (Phi) is 5.11. The maximum Gasteiger partial charge on any atom is 0.272 e. The van der Waals surface area contributed by atoms with Crippen LogP contribution >= 0.6 is 0 Å². The van der Waals surface area contributed by atoms with Crippen molar-refractivity contribution in [3.8, 4) is 0 Å². The second-order valence-corrected chi connectivity index (χ2v) is 6.56. The van der Waals surface area contributed by atoms with E-state index in [1.165, 1.54) is 12.1 Å². The zero-order chi connectivity index (χ0) is 18.7. The molecule has 3 rings (SSSR count). The lowest BCUT2D eigenvalue weighted by molar-refractivity contribution is -0.121. The fraction of sp³-hybridized carbons (Fsp3) is 0.250. The van der Waals surface area contributed by atoms with Gasteiger partial charge in [-0.3, -0.25) is 9.59 Å². The molecule has 1 heterocycles. The van der Waals surface area contributed by atoms with Gasteiger partial charge in [0.15, 0.2) is 0 Å². The molecular formula is C20H20FN3O2. The van der Waals surface area contributed by atoms with Gasteiger partial charge in [-0.15, -0.1) is 0 Å². The van der Waals surface area contributed by atoms with Crippen LogP contribution in [0.25, 0.3) is 10.8 Å². The van der Waals surface area contributed by atoms with Crippen LogP contribution in [-0.4, -0.2) is 16.1 Å². The quantitative estimate of drug-likeness (QED) is 0.740. The number of halogens is 1. The van der Waals surface area contributed by atoms with E-state index in [1.807, 2.05) is 13.8 Å². The number of nitrogens with one attached hydrogen (secondary N) is 2. The lowest BCUT2D eigenvalue weighted by atomic mass is 9.95. The Balaban J connectivity index is 1.82. The second kappa shape index (κ2) is 7.47. The fourth-order valence-corrected chi connectivity index (χ4v) is 2.99. The van der Waals surface area contributed by atoms with Crippen molar-refractivity contribution < 1.29 is 9.18 Å². The molecule has 0 spiro atoms. The summed E-state index contributed by atoms with van der Waals surface area (Å²) in [5.74, 6) is -0.395. The monoisotopic (exact) mass is 353 g/mol. The molecule has 0 bridgehead atoms. The van der Waals surface area contributed by atoms with Gasteiger partial charge in [0.1, 0.15) is 5.82 Å². The van der Waals surface area contributed by atoms with Gasteiger partial charge in [-0.05, 0) is 29.7 Å². The van der Waals surface area contributed by atoms with Gasteiger partial charge in [-0.1, -0.05) is 44.2 Å². The zero-order valence-corrected chi connectivity index (χ0v) is 14.6. The Labute approximate surface area is 150 Å². The highest BCUT2D eigenvalue weighted by atomic mass is 19.1. The van der Waals surface area contributed by atoms with Crippen molar-refractivity contribution in [1.82, 2.24) is 15.5 Å². The Morgan fingerprint density at radius 3 is 2.42 bits per heavy atom. The van der Waals surface area contributed by atoms with Crippen molar-refractivity contribution in [2.24, 2.45) is 5.92 Å². The number of nitrogens with zero attached hydrogens (tertiary/aromatic N) is 1. The summed E-state index contributed by atoms with van der Waals surface area (Å²) in [4.78, 5) is 24.4. The molecule has 0 aliphatic carbocycles. The first-order valence-electron chi connectivity index (χ1n) is 8.47. The first-order valence-corrected chi connectivity index (χ1v) is 8.47. The molecule has 1 unspecified atom stereocenters. The van der Waals surface area contributed by atoms with Crippen LogP contribution < -0.4 is 10.9 Å². The standard InChI is InChI=1S/C20H20FN3O2/c1-12(2)19(13-7-9-14(21)10-8-13)22-18(25)11-17-15-5-3-4-6-16(15)20(26)24-23-17/h3-10,12,19H,11H2,1-2H3,(H,22,25)(H,24,26). The number of amides is 1. The number of H-pyrrole nitrogens is 1. The molecule has 3 aromatic rings. The number of hydrogen-bond donors (Lipinski definition) is 2. The molecule has 2 aromatic carbocycles. The molecule has 0 saturated carbocycles. The molecule has 26 heavy (non-hydrogen) atoms. The molecule has 5 nitrogen and oxygen atoms in total. The van der Waals surface area contributed by atoms with Gasteiger partial charge in [0.25, 0.3) is 5.56 Å². The largest absolute Gasteiger partial charge is 0.349 e. The predicted molar refractivity (Wildman–Crippen MR) is 98.2 cm³/mol. The zero-order valence-electron chi connectivity index (χ0n) is 14.6. The summed E-state index contributed by atoms with van der Waals surface area (Å²) in [5.41, 5.74) is 1.07. The highest BCUT2D eigenvalue weighted by molar-refractivity contribution is 5.88. The normalized spacial score (nSPS) is 12.3. The minimum atomic E-state index is -0.313. The molecule has 1 atom stereocenters. The molecule has 0 saturated heterocycles. The van der Waals surface area contributed by atoms with Gasteiger partial charge < -0.3 is 5.32 Å². The van der Waals surface area contributed by atoms with E-state index in [9.17, 15) is 14.0 Å². The SMILES string of the molecule is CC(C)C(NC(=O)Cc1n[nH]c(=O)c2ccccc12)c1ccc(F)cc1. The van der Waals surface area contributed by atoms with Crippen LogP contribution in [-0.2, 0) is 11.2 Å². The van der Waals surface area contributed by atoms with E-state index in [2.05, 4.69) is 15.5 Å². The van der Waals surface area contributed by atoms with Crippen LogP contribution in [0.4, 0.5) is 4.39 Å². The molecule has 0 radical (unpaired) electrons. The molecule has 2 N–H and O–H groups in total. The first kappa shape index (κ1) is 17.8. The topological polar surface area (TPSA) is 74.8 Å². The Hall–Kier alpha value is -3.02. The molecule has 0 aliphatic heterocycles. The predicted octanol–water partition coefficient (Wildman–Crippen LogP) is 3.12. The van der Waals surface area contributed by atoms with E-state index >= 15 is 0 Å². The average Bonchev–Trinajstić information content (AvgIpc) is 2.63. The Morgan fingerprint density at radius 1 is 1.12 bits per heavy atom. The van der Waals surface area contributed by atoms with E-state index in [0.717, 1.165) is 5.56 Å². The third kappa shape index (κ3) is 3.79. The maximum absolute atomic E-state index is 13.2. The van der Waals surface area contributed by atoms with Gasteiger partial charge in [0.2, 0.25) is 5.91 Å². The van der Waals surface area contributed by atoms with Crippen LogP contribution in [0.3, 0.4) is 0 Å². The number of hydrogen-bond acceptors (Lipinski definition) is 3. The molecule has 0 aliphatic rings. The van der Waals surface area contributed by atoms with Gasteiger partial charge in [-0.25, -0.2) is 9.49 Å². The summed E-state index contributed by atoms with van der Waals surface area (Å²) in [5, 5.41) is 10.6. The van der Waals surface area contributed by atoms with Crippen molar-refractivity contribution in [2.45, 2.75) is 26.3 Å². The molecule has 6 heteroatoms. The van der Waals surface area contributed by atoms with Crippen molar-refractivity contribution in [2.75, 3.05) is 0 Å². The average molecular weight is 353 g/mol. The number of rotatable bonds is 5. The highest BCUT2D eigenvalue weighted by Crippen LogP contribution is 2.22. The number of aromatic amines is 1. The smallest absolute Gasteiger partial charge is 0.272 e. The second-order valence-electron chi connectivity index (χ2n) is 6.56. The fourth-order valence-electron chi connectivity index (χ4n) is 2.99. The number of carbonyl (C=O) groups is 1. The lowest BCUT2D eigenvalue weighted by Crippen LogP contribution is -2.33. The van der Waals surface area contributed by atoms with E-state index in [4.69, 9.17) is 0 Å². The first-order chi connectivity index (χ1) is 12.5. The summed E-state index contributed by atoms with van der Waals surface area (Å²) in [6.07, 6.45) is 0.0434. The molecule has 1 amide bonds. The van der Waals surface area contributed by atoms with Gasteiger partial charge >= 0.3 is 0 Å². The minimum Gasteiger partial charge on any atom is -0.349 e. The summed E-state index contributed by atoms with van der Waals surface area (Å²) in [6.45, 7) is 3.98. The number of carbonyl (C=O) groups excluding carboxylic acids is 1. The Bertz CT molecular complexity index is 980. The van der Waals surface area contributed by atoms with Crippen LogP contribution in [0.1, 0.15) is 31.1 Å². The molecular weight excluding hydrogens is 333 g/mol. The summed E-state index contributed by atoms with van der Waals surface area (Å²) in [7, 11) is 0. The van der Waals surface area contributed by atoms with Crippen LogP contribution in [0.2, 0.25) is 0 Å². The van der Waals surface area contributed by atoms with Crippen LogP contribution in [0.15, 0.2) is 53.3 Å². The van der Waals surface area contributed by atoms with E-state index in [1.54, 1.807) is 36.4 Å². The van der Waals surface area contributed by atoms with Crippen LogP contribution in [0.5, 0.6) is 0 Å². The molecule has 0 fully saturated rings. The number of aromatic nitrogens is 2. The third-order valence-corrected chi connectivity index (χ3v) is 4.32. The summed E-state index contributed by atoms with van der Waals surface area (Å²) >= 11 is 0. The van der Waals surface area contributed by atoms with E-state index in [-0.39, 0.29) is 35.7 Å².